The van der Waals surface area contributed by atoms with Crippen LogP contribution in [-0.4, -0.2) is 17.6 Å². The molecule has 94 valence electrons. The lowest BCUT2D eigenvalue weighted by Gasteiger charge is -2.17. The Morgan fingerprint density at radius 2 is 2.18 bits per heavy atom. The van der Waals surface area contributed by atoms with Gasteiger partial charge in [-0.2, -0.15) is 0 Å². The second kappa shape index (κ2) is 6.25. The maximum Gasteiger partial charge on any atom is 0.223 e. The maximum atomic E-state index is 11.8. The number of rotatable bonds is 5. The molecular formula is C13H20N2O2. The molecule has 0 saturated heterocycles. The Morgan fingerprint density at radius 3 is 2.76 bits per heavy atom. The zero-order chi connectivity index (χ0) is 12.8. The molecule has 0 aliphatic carbocycles. The number of amides is 1. The predicted octanol–water partition coefficient (Wildman–Crippen LogP) is 1.55. The number of benzene rings is 1. The van der Waals surface area contributed by atoms with Crippen LogP contribution in [0, 0.1) is 5.92 Å². The molecular weight excluding hydrogens is 216 g/mol. The first-order valence-corrected chi connectivity index (χ1v) is 5.84. The van der Waals surface area contributed by atoms with E-state index in [0.29, 0.717) is 13.0 Å². The highest BCUT2D eigenvalue weighted by molar-refractivity contribution is 5.78. The number of hydrogen-bond acceptors (Lipinski definition) is 3. The summed E-state index contributed by atoms with van der Waals surface area (Å²) in [7, 11) is 0. The van der Waals surface area contributed by atoms with E-state index in [1.54, 1.807) is 18.2 Å². The Labute approximate surface area is 102 Å². The van der Waals surface area contributed by atoms with Crippen molar-refractivity contribution in [2.75, 3.05) is 6.54 Å². The lowest BCUT2D eigenvalue weighted by Crippen LogP contribution is -2.32. The number of phenolic OH excluding ortho intramolecular Hbond substituents is 1. The highest BCUT2D eigenvalue weighted by Crippen LogP contribution is 2.18. The summed E-state index contributed by atoms with van der Waals surface area (Å²) in [5.74, 6) is 0.115. The Kier molecular flexibility index (Phi) is 4.97. The quantitative estimate of drug-likeness (QED) is 0.726. The van der Waals surface area contributed by atoms with E-state index in [-0.39, 0.29) is 23.6 Å². The molecule has 1 amide bonds. The van der Waals surface area contributed by atoms with Gasteiger partial charge < -0.3 is 16.2 Å². The first-order valence-electron chi connectivity index (χ1n) is 5.84. The third kappa shape index (κ3) is 4.07. The monoisotopic (exact) mass is 236 g/mol. The number of nitrogens with one attached hydrogen (secondary N) is 1. The number of nitrogens with two attached hydrogens (primary N) is 1. The van der Waals surface area contributed by atoms with Crippen LogP contribution >= 0.6 is 0 Å². The molecule has 17 heavy (non-hydrogen) atoms. The normalized spacial score (nSPS) is 14.1. The molecule has 0 saturated carbocycles. The van der Waals surface area contributed by atoms with Gasteiger partial charge in [-0.1, -0.05) is 19.1 Å². The summed E-state index contributed by atoms with van der Waals surface area (Å²) in [6, 6.07) is 6.78. The van der Waals surface area contributed by atoms with Gasteiger partial charge in [0.25, 0.3) is 0 Å². The lowest BCUT2D eigenvalue weighted by molar-refractivity contribution is -0.125. The van der Waals surface area contributed by atoms with Gasteiger partial charge in [-0.05, 0) is 37.6 Å². The Morgan fingerprint density at radius 1 is 1.47 bits per heavy atom. The summed E-state index contributed by atoms with van der Waals surface area (Å²) >= 11 is 0. The fraction of sp³-hybridized carbons (Fsp3) is 0.462. The number of carbonyl (C=O) groups excluding carboxylic acids is 1. The minimum atomic E-state index is -0.116. The Hall–Kier alpha value is -1.55. The van der Waals surface area contributed by atoms with Crippen LogP contribution in [-0.2, 0) is 4.79 Å². The van der Waals surface area contributed by atoms with E-state index in [1.165, 1.54) is 0 Å². The van der Waals surface area contributed by atoms with Crippen molar-refractivity contribution in [3.8, 4) is 5.75 Å². The van der Waals surface area contributed by atoms with Gasteiger partial charge in [-0.25, -0.2) is 0 Å². The highest BCUT2D eigenvalue weighted by atomic mass is 16.3. The molecule has 0 bridgehead atoms. The van der Waals surface area contributed by atoms with Gasteiger partial charge >= 0.3 is 0 Å². The summed E-state index contributed by atoms with van der Waals surface area (Å²) in [5.41, 5.74) is 6.30. The molecule has 0 aliphatic rings. The average Bonchev–Trinajstić information content (AvgIpc) is 2.29. The minimum absolute atomic E-state index is 0.00806. The molecule has 0 heterocycles. The smallest absolute Gasteiger partial charge is 0.223 e. The van der Waals surface area contributed by atoms with Crippen molar-refractivity contribution in [2.45, 2.75) is 26.3 Å². The van der Waals surface area contributed by atoms with Crippen LogP contribution in [0.2, 0.25) is 0 Å². The zero-order valence-corrected chi connectivity index (χ0v) is 10.3. The van der Waals surface area contributed by atoms with Gasteiger partial charge in [0.15, 0.2) is 0 Å². The van der Waals surface area contributed by atoms with E-state index >= 15 is 0 Å². The summed E-state index contributed by atoms with van der Waals surface area (Å²) in [5, 5.41) is 12.3. The minimum Gasteiger partial charge on any atom is -0.508 e. The van der Waals surface area contributed by atoms with Crippen LogP contribution in [0.3, 0.4) is 0 Å². The van der Waals surface area contributed by atoms with Gasteiger partial charge in [-0.3, -0.25) is 4.79 Å². The third-order valence-electron chi connectivity index (χ3n) is 2.78. The van der Waals surface area contributed by atoms with Gasteiger partial charge in [0.1, 0.15) is 5.75 Å². The molecule has 1 aromatic rings. The molecule has 0 aromatic heterocycles. The van der Waals surface area contributed by atoms with Crippen molar-refractivity contribution < 1.29 is 9.90 Å². The predicted molar refractivity (Wildman–Crippen MR) is 67.5 cm³/mol. The van der Waals surface area contributed by atoms with E-state index in [2.05, 4.69) is 5.32 Å². The fourth-order valence-electron chi connectivity index (χ4n) is 1.61. The molecule has 0 fully saturated rings. The van der Waals surface area contributed by atoms with Crippen molar-refractivity contribution in [2.24, 2.45) is 11.7 Å². The summed E-state index contributed by atoms with van der Waals surface area (Å²) in [6.45, 7) is 4.26. The number of carbonyl (C=O) groups is 1. The number of phenols is 1. The second-order valence-corrected chi connectivity index (χ2v) is 4.30. The van der Waals surface area contributed by atoms with Gasteiger partial charge in [-0.15, -0.1) is 0 Å². The van der Waals surface area contributed by atoms with Crippen molar-refractivity contribution in [1.82, 2.24) is 5.32 Å². The molecule has 0 radical (unpaired) electrons. The average molecular weight is 236 g/mol. The third-order valence-corrected chi connectivity index (χ3v) is 2.78. The van der Waals surface area contributed by atoms with Gasteiger partial charge in [0, 0.05) is 5.92 Å². The van der Waals surface area contributed by atoms with E-state index in [1.807, 2.05) is 19.9 Å². The lowest BCUT2D eigenvalue weighted by atomic mass is 10.0. The summed E-state index contributed by atoms with van der Waals surface area (Å²) in [6.07, 6.45) is 0.679. The molecule has 2 unspecified atom stereocenters. The van der Waals surface area contributed by atoms with Crippen molar-refractivity contribution in [1.29, 1.82) is 0 Å². The first-order chi connectivity index (χ1) is 8.04. The molecule has 0 spiro atoms. The van der Waals surface area contributed by atoms with Crippen molar-refractivity contribution >= 4 is 5.91 Å². The topological polar surface area (TPSA) is 75.4 Å². The molecule has 1 rings (SSSR count). The largest absolute Gasteiger partial charge is 0.508 e. The fourth-order valence-corrected chi connectivity index (χ4v) is 1.61. The van der Waals surface area contributed by atoms with E-state index in [9.17, 15) is 9.90 Å². The highest BCUT2D eigenvalue weighted by Gasteiger charge is 2.15. The standard InChI is InChI=1S/C13H20N2O2/c1-9(6-7-14)13(17)15-10(2)11-4-3-5-12(16)8-11/h3-5,8-10,16H,6-7,14H2,1-2H3,(H,15,17). The second-order valence-electron chi connectivity index (χ2n) is 4.30. The van der Waals surface area contributed by atoms with E-state index in [4.69, 9.17) is 5.73 Å². The SMILES string of the molecule is CC(CCN)C(=O)NC(C)c1cccc(O)c1. The number of aromatic hydroxyl groups is 1. The number of hydrogen-bond donors (Lipinski definition) is 3. The molecule has 2 atom stereocenters. The Balaban J connectivity index is 2.60. The van der Waals surface area contributed by atoms with Crippen LogP contribution in [0.5, 0.6) is 5.75 Å². The van der Waals surface area contributed by atoms with Crippen molar-refractivity contribution in [3.05, 3.63) is 29.8 Å². The van der Waals surface area contributed by atoms with Crippen LogP contribution in [0.4, 0.5) is 0 Å². The molecule has 4 nitrogen and oxygen atoms in total. The molecule has 4 heteroatoms. The van der Waals surface area contributed by atoms with Crippen LogP contribution < -0.4 is 11.1 Å². The Bertz CT molecular complexity index is 379. The van der Waals surface area contributed by atoms with Crippen LogP contribution in [0.1, 0.15) is 31.9 Å². The van der Waals surface area contributed by atoms with Gasteiger partial charge in [0.05, 0.1) is 6.04 Å². The van der Waals surface area contributed by atoms with Crippen LogP contribution in [0.15, 0.2) is 24.3 Å². The molecule has 0 aliphatic heterocycles. The van der Waals surface area contributed by atoms with Crippen molar-refractivity contribution in [3.63, 3.8) is 0 Å². The first kappa shape index (κ1) is 13.5. The van der Waals surface area contributed by atoms with E-state index < -0.39 is 0 Å². The van der Waals surface area contributed by atoms with E-state index in [0.717, 1.165) is 5.56 Å². The maximum absolute atomic E-state index is 11.8. The molecule has 1 aromatic carbocycles. The van der Waals surface area contributed by atoms with Crippen LogP contribution in [0.25, 0.3) is 0 Å². The van der Waals surface area contributed by atoms with Gasteiger partial charge in [0.2, 0.25) is 5.91 Å². The zero-order valence-electron chi connectivity index (χ0n) is 10.3. The molecule has 4 N–H and O–H groups in total. The summed E-state index contributed by atoms with van der Waals surface area (Å²) in [4.78, 5) is 11.8. The summed E-state index contributed by atoms with van der Waals surface area (Å²) < 4.78 is 0.